The zero-order chi connectivity index (χ0) is 11.4. The van der Waals surface area contributed by atoms with Crippen molar-refractivity contribution >= 4 is 0 Å². The summed E-state index contributed by atoms with van der Waals surface area (Å²) in [5, 5.41) is 3.17. The minimum atomic E-state index is 0.125. The molecule has 0 spiro atoms. The molecule has 0 aliphatic carbocycles. The summed E-state index contributed by atoms with van der Waals surface area (Å²) in [5.41, 5.74) is 2.51. The van der Waals surface area contributed by atoms with Gasteiger partial charge in [-0.05, 0) is 19.5 Å². The van der Waals surface area contributed by atoms with Crippen molar-refractivity contribution in [2.75, 3.05) is 26.8 Å². The first kappa shape index (κ1) is 11.6. The molecule has 1 N–H and O–H groups in total. The quantitative estimate of drug-likeness (QED) is 0.820. The third kappa shape index (κ3) is 2.82. The zero-order valence-electron chi connectivity index (χ0n) is 9.90. The molecule has 88 valence electrons. The van der Waals surface area contributed by atoms with Crippen molar-refractivity contribution in [3.05, 3.63) is 35.4 Å². The minimum Gasteiger partial charge on any atom is -0.376 e. The topological polar surface area (TPSA) is 30.5 Å². The monoisotopic (exact) mass is 221 g/mol. The number of likely N-dealkylation sites (N-methyl/N-ethyl adjacent to an activating group) is 1. The Morgan fingerprint density at radius 2 is 2.06 bits per heavy atom. The lowest BCUT2D eigenvalue weighted by Gasteiger charge is -2.30. The highest BCUT2D eigenvalue weighted by atomic mass is 16.6. The summed E-state index contributed by atoms with van der Waals surface area (Å²) in [4.78, 5) is 0. The van der Waals surface area contributed by atoms with Gasteiger partial charge in [0.25, 0.3) is 0 Å². The van der Waals surface area contributed by atoms with E-state index >= 15 is 0 Å². The molecule has 3 heteroatoms. The summed E-state index contributed by atoms with van der Waals surface area (Å²) in [5.74, 6) is 0. The van der Waals surface area contributed by atoms with Crippen LogP contribution in [0.5, 0.6) is 0 Å². The number of benzene rings is 1. The number of hydrogen-bond donors (Lipinski definition) is 1. The van der Waals surface area contributed by atoms with Crippen LogP contribution in [0.15, 0.2) is 24.3 Å². The lowest BCUT2D eigenvalue weighted by atomic mass is 10.1. The van der Waals surface area contributed by atoms with Crippen LogP contribution < -0.4 is 5.32 Å². The van der Waals surface area contributed by atoms with Gasteiger partial charge < -0.3 is 14.8 Å². The third-order valence-corrected chi connectivity index (χ3v) is 2.80. The first-order valence-corrected chi connectivity index (χ1v) is 5.74. The van der Waals surface area contributed by atoms with Gasteiger partial charge in [-0.25, -0.2) is 0 Å². The second-order valence-corrected chi connectivity index (χ2v) is 4.25. The molecule has 0 bridgehead atoms. The van der Waals surface area contributed by atoms with Crippen LogP contribution in [-0.2, 0) is 9.47 Å². The third-order valence-electron chi connectivity index (χ3n) is 2.80. The first-order chi connectivity index (χ1) is 7.79. The van der Waals surface area contributed by atoms with Gasteiger partial charge in [0, 0.05) is 6.54 Å². The summed E-state index contributed by atoms with van der Waals surface area (Å²) >= 11 is 0. The highest BCUT2D eigenvalue weighted by molar-refractivity contribution is 5.23. The van der Waals surface area contributed by atoms with Crippen molar-refractivity contribution in [3.63, 3.8) is 0 Å². The van der Waals surface area contributed by atoms with E-state index in [4.69, 9.17) is 9.47 Å². The van der Waals surface area contributed by atoms with E-state index in [1.807, 2.05) is 7.05 Å². The van der Waals surface area contributed by atoms with Crippen LogP contribution in [0, 0.1) is 6.92 Å². The average molecular weight is 221 g/mol. The van der Waals surface area contributed by atoms with E-state index in [1.54, 1.807) is 0 Å². The van der Waals surface area contributed by atoms with E-state index < -0.39 is 0 Å². The number of nitrogens with one attached hydrogen (secondary N) is 1. The molecule has 0 radical (unpaired) electrons. The van der Waals surface area contributed by atoms with E-state index in [2.05, 4.69) is 36.5 Å². The van der Waals surface area contributed by atoms with E-state index in [9.17, 15) is 0 Å². The Labute approximate surface area is 96.8 Å². The molecule has 0 aromatic heterocycles. The molecule has 1 fully saturated rings. The van der Waals surface area contributed by atoms with E-state index in [0.29, 0.717) is 0 Å². The largest absolute Gasteiger partial charge is 0.376 e. The Morgan fingerprint density at radius 1 is 1.38 bits per heavy atom. The smallest absolute Gasteiger partial charge is 0.105 e. The van der Waals surface area contributed by atoms with Gasteiger partial charge in [-0.1, -0.05) is 29.8 Å². The molecule has 1 aliphatic heterocycles. The second kappa shape index (κ2) is 5.43. The number of rotatable bonds is 5. The Bertz CT molecular complexity index is 319. The second-order valence-electron chi connectivity index (χ2n) is 4.25. The Hall–Kier alpha value is -0.900. The molecule has 1 aliphatic rings. The van der Waals surface area contributed by atoms with Crippen molar-refractivity contribution in [2.24, 2.45) is 0 Å². The molecule has 1 unspecified atom stereocenters. The molecular weight excluding hydrogens is 202 g/mol. The molecule has 1 atom stereocenters. The predicted molar refractivity (Wildman–Crippen MR) is 63.5 cm³/mol. The minimum absolute atomic E-state index is 0.125. The summed E-state index contributed by atoms with van der Waals surface area (Å²) in [6.07, 6.45) is 0.388. The number of ether oxygens (including phenoxy) is 2. The maximum Gasteiger partial charge on any atom is 0.105 e. The molecule has 1 saturated heterocycles. The van der Waals surface area contributed by atoms with Gasteiger partial charge in [-0.2, -0.15) is 0 Å². The fourth-order valence-electron chi connectivity index (χ4n) is 1.74. The number of aryl methyl sites for hydroxylation is 1. The van der Waals surface area contributed by atoms with Crippen LogP contribution in [0.1, 0.15) is 17.2 Å². The van der Waals surface area contributed by atoms with Crippen LogP contribution >= 0.6 is 0 Å². The van der Waals surface area contributed by atoms with Gasteiger partial charge in [0.05, 0.1) is 19.3 Å². The highest BCUT2D eigenvalue weighted by Crippen LogP contribution is 2.21. The van der Waals surface area contributed by atoms with Crippen molar-refractivity contribution in [1.82, 2.24) is 5.32 Å². The average Bonchev–Trinajstić information content (AvgIpc) is 2.23. The van der Waals surface area contributed by atoms with Crippen LogP contribution in [-0.4, -0.2) is 32.9 Å². The standard InChI is InChI=1S/C13H19NO2/c1-10-3-5-11(6-4-10)13(7-14-2)16-12-8-15-9-12/h3-6,12-14H,7-9H2,1-2H3. The summed E-state index contributed by atoms with van der Waals surface area (Å²) in [6.45, 7) is 4.38. The van der Waals surface area contributed by atoms with Crippen LogP contribution in [0.4, 0.5) is 0 Å². The van der Waals surface area contributed by atoms with Gasteiger partial charge in [-0.15, -0.1) is 0 Å². The first-order valence-electron chi connectivity index (χ1n) is 5.74. The van der Waals surface area contributed by atoms with Crippen LogP contribution in [0.3, 0.4) is 0 Å². The predicted octanol–water partition coefficient (Wildman–Crippen LogP) is 1.67. The lowest BCUT2D eigenvalue weighted by Crippen LogP contribution is -2.38. The lowest BCUT2D eigenvalue weighted by molar-refractivity contribution is -0.155. The normalized spacial score (nSPS) is 18.1. The SMILES string of the molecule is CNCC(OC1COC1)c1ccc(C)cc1. The molecular formula is C13H19NO2. The fraction of sp³-hybridized carbons (Fsp3) is 0.538. The van der Waals surface area contributed by atoms with Crippen LogP contribution in [0.2, 0.25) is 0 Å². The fourth-order valence-corrected chi connectivity index (χ4v) is 1.74. The van der Waals surface area contributed by atoms with Gasteiger partial charge in [0.1, 0.15) is 6.10 Å². The van der Waals surface area contributed by atoms with E-state index in [0.717, 1.165) is 19.8 Å². The van der Waals surface area contributed by atoms with Crippen molar-refractivity contribution in [2.45, 2.75) is 19.1 Å². The van der Waals surface area contributed by atoms with Gasteiger partial charge >= 0.3 is 0 Å². The maximum atomic E-state index is 5.97. The zero-order valence-corrected chi connectivity index (χ0v) is 9.90. The Balaban J connectivity index is 2.01. The molecule has 16 heavy (non-hydrogen) atoms. The summed E-state index contributed by atoms with van der Waals surface area (Å²) < 4.78 is 11.1. The molecule has 1 aromatic rings. The molecule has 0 amide bonds. The van der Waals surface area contributed by atoms with E-state index in [1.165, 1.54) is 11.1 Å². The Morgan fingerprint density at radius 3 is 2.56 bits per heavy atom. The number of hydrogen-bond acceptors (Lipinski definition) is 3. The Kier molecular flexibility index (Phi) is 3.93. The van der Waals surface area contributed by atoms with Crippen molar-refractivity contribution < 1.29 is 9.47 Å². The molecule has 1 aromatic carbocycles. The van der Waals surface area contributed by atoms with Crippen LogP contribution in [0.25, 0.3) is 0 Å². The van der Waals surface area contributed by atoms with E-state index in [-0.39, 0.29) is 12.2 Å². The summed E-state index contributed by atoms with van der Waals surface area (Å²) in [6, 6.07) is 8.52. The van der Waals surface area contributed by atoms with Gasteiger partial charge in [0.15, 0.2) is 0 Å². The van der Waals surface area contributed by atoms with Crippen molar-refractivity contribution in [1.29, 1.82) is 0 Å². The molecule has 3 nitrogen and oxygen atoms in total. The molecule has 2 rings (SSSR count). The van der Waals surface area contributed by atoms with Gasteiger partial charge in [0.2, 0.25) is 0 Å². The molecule has 0 saturated carbocycles. The van der Waals surface area contributed by atoms with Crippen molar-refractivity contribution in [3.8, 4) is 0 Å². The highest BCUT2D eigenvalue weighted by Gasteiger charge is 2.23. The van der Waals surface area contributed by atoms with Gasteiger partial charge in [-0.3, -0.25) is 0 Å². The summed E-state index contributed by atoms with van der Waals surface area (Å²) in [7, 11) is 1.95. The molecule has 1 heterocycles. The maximum absolute atomic E-state index is 5.97.